The van der Waals surface area contributed by atoms with Crippen molar-refractivity contribution in [2.24, 2.45) is 0 Å². The van der Waals surface area contributed by atoms with Crippen molar-refractivity contribution < 1.29 is 18.4 Å². The molecule has 1 aromatic heterocycles. The number of halogens is 2. The zero-order valence-electron chi connectivity index (χ0n) is 11.8. The minimum absolute atomic E-state index is 0.0469. The molecule has 116 valence electrons. The second-order valence-electron chi connectivity index (χ2n) is 4.58. The van der Waals surface area contributed by atoms with E-state index in [1.165, 1.54) is 19.2 Å². The van der Waals surface area contributed by atoms with Crippen LogP contribution in [-0.2, 0) is 4.79 Å². The van der Waals surface area contributed by atoms with E-state index in [1.807, 2.05) is 0 Å². The van der Waals surface area contributed by atoms with Gasteiger partial charge in [0.15, 0.2) is 5.13 Å². The monoisotopic (exact) mass is 325 g/mol. The van der Waals surface area contributed by atoms with Gasteiger partial charge in [0.1, 0.15) is 17.3 Å². The van der Waals surface area contributed by atoms with Crippen molar-refractivity contribution >= 4 is 28.3 Å². The van der Waals surface area contributed by atoms with Gasteiger partial charge in [-0.15, -0.1) is 11.3 Å². The van der Waals surface area contributed by atoms with Crippen LogP contribution < -0.4 is 10.6 Å². The molecular formula is C14H13F2N3O2S. The molecule has 0 unspecified atom stereocenters. The van der Waals surface area contributed by atoms with Crippen LogP contribution >= 0.6 is 11.3 Å². The van der Waals surface area contributed by atoms with E-state index in [2.05, 4.69) is 15.6 Å². The quantitative estimate of drug-likeness (QED) is 0.908. The Kier molecular flexibility index (Phi) is 4.81. The Bertz CT molecular complexity index is 718. The summed E-state index contributed by atoms with van der Waals surface area (Å²) >= 11 is 1.10. The molecule has 0 saturated heterocycles. The Morgan fingerprint density at radius 2 is 2.05 bits per heavy atom. The van der Waals surface area contributed by atoms with Gasteiger partial charge >= 0.3 is 0 Å². The number of nitrogens with one attached hydrogen (secondary N) is 2. The lowest BCUT2D eigenvalue weighted by atomic mass is 10.1. The number of nitrogens with zero attached hydrogens (tertiary/aromatic N) is 1. The Morgan fingerprint density at radius 1 is 1.32 bits per heavy atom. The highest BCUT2D eigenvalue weighted by molar-refractivity contribution is 7.14. The van der Waals surface area contributed by atoms with Crippen molar-refractivity contribution in [2.45, 2.75) is 19.9 Å². The Hall–Kier alpha value is -2.35. The Balaban J connectivity index is 2.09. The maximum atomic E-state index is 13.6. The van der Waals surface area contributed by atoms with Crippen LogP contribution in [0.1, 0.15) is 35.9 Å². The first kappa shape index (κ1) is 16.0. The number of amides is 2. The van der Waals surface area contributed by atoms with Crippen LogP contribution in [0.3, 0.4) is 0 Å². The summed E-state index contributed by atoms with van der Waals surface area (Å²) in [6.45, 7) is 2.87. The SMILES string of the molecule is CC(=O)Nc1nc(C(=O)N[C@@H](C)c2cc(F)ccc2F)cs1. The van der Waals surface area contributed by atoms with E-state index in [1.54, 1.807) is 0 Å². The summed E-state index contributed by atoms with van der Waals surface area (Å²) in [5, 5.41) is 6.75. The molecule has 0 bridgehead atoms. The highest BCUT2D eigenvalue weighted by Gasteiger charge is 2.17. The van der Waals surface area contributed by atoms with Crippen molar-refractivity contribution in [3.8, 4) is 0 Å². The molecule has 2 rings (SSSR count). The number of hydrogen-bond acceptors (Lipinski definition) is 4. The molecule has 2 aromatic rings. The highest BCUT2D eigenvalue weighted by Crippen LogP contribution is 2.20. The molecule has 1 heterocycles. The summed E-state index contributed by atoms with van der Waals surface area (Å²) < 4.78 is 26.8. The Labute approximate surface area is 129 Å². The highest BCUT2D eigenvalue weighted by atomic mass is 32.1. The summed E-state index contributed by atoms with van der Waals surface area (Å²) in [7, 11) is 0. The fourth-order valence-electron chi connectivity index (χ4n) is 1.78. The number of thiazole rings is 1. The third-order valence-corrected chi connectivity index (χ3v) is 3.55. The standard InChI is InChI=1S/C14H13F2N3O2S/c1-7(10-5-9(15)3-4-11(10)16)17-13(21)12-6-22-14(19-12)18-8(2)20/h3-7H,1-2H3,(H,17,21)(H,18,19,20)/t7-/m0/s1. The molecular weight excluding hydrogens is 312 g/mol. The molecule has 0 aliphatic carbocycles. The van der Waals surface area contributed by atoms with Gasteiger partial charge in [0.2, 0.25) is 5.91 Å². The molecule has 0 radical (unpaired) electrons. The molecule has 0 fully saturated rings. The Morgan fingerprint density at radius 3 is 2.73 bits per heavy atom. The minimum atomic E-state index is -0.728. The molecule has 2 N–H and O–H groups in total. The number of benzene rings is 1. The lowest BCUT2D eigenvalue weighted by Gasteiger charge is -2.14. The smallest absolute Gasteiger partial charge is 0.271 e. The summed E-state index contributed by atoms with van der Waals surface area (Å²) in [4.78, 5) is 26.9. The maximum absolute atomic E-state index is 13.6. The number of rotatable bonds is 4. The van der Waals surface area contributed by atoms with E-state index in [4.69, 9.17) is 0 Å². The summed E-state index contributed by atoms with van der Waals surface area (Å²) in [6, 6.07) is 2.32. The fraction of sp³-hybridized carbons (Fsp3) is 0.214. The number of anilines is 1. The van der Waals surface area contributed by atoms with Gasteiger partial charge in [0.05, 0.1) is 6.04 Å². The van der Waals surface area contributed by atoms with E-state index in [9.17, 15) is 18.4 Å². The predicted molar refractivity (Wildman–Crippen MR) is 78.7 cm³/mol. The van der Waals surface area contributed by atoms with Gasteiger partial charge in [-0.1, -0.05) is 0 Å². The van der Waals surface area contributed by atoms with Gasteiger partial charge in [-0.05, 0) is 25.1 Å². The van der Waals surface area contributed by atoms with Gasteiger partial charge in [0, 0.05) is 17.9 Å². The lowest BCUT2D eigenvalue weighted by molar-refractivity contribution is -0.114. The molecule has 2 amide bonds. The molecule has 0 saturated carbocycles. The van der Waals surface area contributed by atoms with Crippen molar-refractivity contribution in [1.82, 2.24) is 10.3 Å². The van der Waals surface area contributed by atoms with Crippen LogP contribution in [0.25, 0.3) is 0 Å². The first-order valence-corrected chi connectivity index (χ1v) is 7.23. The molecule has 1 aromatic carbocycles. The topological polar surface area (TPSA) is 71.1 Å². The van der Waals surface area contributed by atoms with E-state index in [0.717, 1.165) is 29.5 Å². The van der Waals surface area contributed by atoms with Gasteiger partial charge in [-0.3, -0.25) is 9.59 Å². The zero-order valence-corrected chi connectivity index (χ0v) is 12.6. The third-order valence-electron chi connectivity index (χ3n) is 2.79. The first-order chi connectivity index (χ1) is 10.4. The molecule has 0 aliphatic heterocycles. The second kappa shape index (κ2) is 6.61. The summed E-state index contributed by atoms with van der Waals surface area (Å²) in [5.74, 6) is -2.02. The first-order valence-electron chi connectivity index (χ1n) is 6.35. The van der Waals surface area contributed by atoms with Gasteiger partial charge in [-0.2, -0.15) is 0 Å². The third kappa shape index (κ3) is 3.85. The van der Waals surface area contributed by atoms with Crippen LogP contribution in [0.15, 0.2) is 23.6 Å². The van der Waals surface area contributed by atoms with Crippen LogP contribution in [-0.4, -0.2) is 16.8 Å². The van der Waals surface area contributed by atoms with E-state index < -0.39 is 23.6 Å². The molecule has 5 nitrogen and oxygen atoms in total. The molecule has 22 heavy (non-hydrogen) atoms. The fourth-order valence-corrected chi connectivity index (χ4v) is 2.52. The maximum Gasteiger partial charge on any atom is 0.271 e. The normalized spacial score (nSPS) is 11.8. The average Bonchev–Trinajstić information content (AvgIpc) is 2.89. The van der Waals surface area contributed by atoms with Gasteiger partial charge in [-0.25, -0.2) is 13.8 Å². The largest absolute Gasteiger partial charge is 0.344 e. The van der Waals surface area contributed by atoms with Gasteiger partial charge in [0.25, 0.3) is 5.91 Å². The average molecular weight is 325 g/mol. The molecule has 0 aliphatic rings. The number of carbonyl (C=O) groups is 2. The number of aromatic nitrogens is 1. The minimum Gasteiger partial charge on any atom is -0.344 e. The van der Waals surface area contributed by atoms with Crippen LogP contribution in [0.5, 0.6) is 0 Å². The van der Waals surface area contributed by atoms with Crippen molar-refractivity contribution in [3.63, 3.8) is 0 Å². The number of hydrogen-bond donors (Lipinski definition) is 2. The predicted octanol–water partition coefficient (Wildman–Crippen LogP) is 2.87. The van der Waals surface area contributed by atoms with Gasteiger partial charge < -0.3 is 10.6 Å². The zero-order chi connectivity index (χ0) is 16.3. The number of carbonyl (C=O) groups excluding carboxylic acids is 2. The van der Waals surface area contributed by atoms with Crippen LogP contribution in [0, 0.1) is 11.6 Å². The van der Waals surface area contributed by atoms with Crippen LogP contribution in [0.2, 0.25) is 0 Å². The van der Waals surface area contributed by atoms with E-state index >= 15 is 0 Å². The molecule has 0 spiro atoms. The van der Waals surface area contributed by atoms with Crippen molar-refractivity contribution in [3.05, 3.63) is 46.5 Å². The summed E-state index contributed by atoms with van der Waals surface area (Å²) in [5.41, 5.74) is 0.142. The van der Waals surface area contributed by atoms with E-state index in [-0.39, 0.29) is 17.2 Å². The van der Waals surface area contributed by atoms with Crippen molar-refractivity contribution in [1.29, 1.82) is 0 Å². The second-order valence-corrected chi connectivity index (χ2v) is 5.44. The molecule has 8 heteroatoms. The van der Waals surface area contributed by atoms with Crippen molar-refractivity contribution in [2.75, 3.05) is 5.32 Å². The van der Waals surface area contributed by atoms with Crippen LogP contribution in [0.4, 0.5) is 13.9 Å². The lowest BCUT2D eigenvalue weighted by Crippen LogP contribution is -2.27. The summed E-state index contributed by atoms with van der Waals surface area (Å²) in [6.07, 6.45) is 0. The molecule has 1 atom stereocenters. The van der Waals surface area contributed by atoms with E-state index in [0.29, 0.717) is 5.13 Å².